The highest BCUT2D eigenvalue weighted by atomic mass is 14.9. The van der Waals surface area contributed by atoms with E-state index in [-0.39, 0.29) is 0 Å². The van der Waals surface area contributed by atoms with Crippen molar-refractivity contribution in [2.75, 3.05) is 6.54 Å². The molecule has 2 saturated carbocycles. The van der Waals surface area contributed by atoms with Gasteiger partial charge in [0.1, 0.15) is 0 Å². The van der Waals surface area contributed by atoms with Crippen LogP contribution in [-0.4, -0.2) is 12.6 Å². The summed E-state index contributed by atoms with van der Waals surface area (Å²) in [5, 5.41) is 3.63. The van der Waals surface area contributed by atoms with Crippen LogP contribution in [0.1, 0.15) is 66.2 Å². The average Bonchev–Trinajstić information content (AvgIpc) is 2.87. The van der Waals surface area contributed by atoms with E-state index in [4.69, 9.17) is 0 Å². The van der Waals surface area contributed by atoms with Crippen molar-refractivity contribution in [3.8, 4) is 0 Å². The molecule has 3 unspecified atom stereocenters. The molecule has 0 aliphatic heterocycles. The highest BCUT2D eigenvalue weighted by molar-refractivity contribution is 5.05. The lowest BCUT2D eigenvalue weighted by Crippen LogP contribution is -2.28. The summed E-state index contributed by atoms with van der Waals surface area (Å²) < 4.78 is 0. The molecular formula is C16H31N. The molecule has 0 heterocycles. The molecule has 0 aromatic heterocycles. The smallest absolute Gasteiger partial charge is 0.00104 e. The normalized spacial score (nSPS) is 37.1. The van der Waals surface area contributed by atoms with Crippen LogP contribution in [0.2, 0.25) is 0 Å². The first kappa shape index (κ1) is 13.4. The second kappa shape index (κ2) is 5.30. The van der Waals surface area contributed by atoms with Crippen molar-refractivity contribution in [3.63, 3.8) is 0 Å². The predicted octanol–water partition coefficient (Wildman–Crippen LogP) is 4.23. The van der Waals surface area contributed by atoms with Crippen LogP contribution in [-0.2, 0) is 0 Å². The minimum Gasteiger partial charge on any atom is -0.314 e. The van der Waals surface area contributed by atoms with Gasteiger partial charge in [0.05, 0.1) is 0 Å². The molecule has 2 aliphatic rings. The standard InChI is InChI=1S/C16H31N/c1-12(2)8-14-6-5-7-16(9-14)10-15(16)11-17-13(3)4/h12-15,17H,5-11H2,1-4H3. The lowest BCUT2D eigenvalue weighted by atomic mass is 9.75. The fraction of sp³-hybridized carbons (Fsp3) is 1.00. The van der Waals surface area contributed by atoms with Gasteiger partial charge in [-0.15, -0.1) is 0 Å². The monoisotopic (exact) mass is 237 g/mol. The molecule has 1 nitrogen and oxygen atoms in total. The maximum Gasteiger partial charge on any atom is 0.00104 e. The van der Waals surface area contributed by atoms with Gasteiger partial charge in [-0.25, -0.2) is 0 Å². The van der Waals surface area contributed by atoms with Crippen LogP contribution in [0.3, 0.4) is 0 Å². The summed E-state index contributed by atoms with van der Waals surface area (Å²) in [4.78, 5) is 0. The number of rotatable bonds is 5. The van der Waals surface area contributed by atoms with Crippen molar-refractivity contribution in [1.82, 2.24) is 5.32 Å². The van der Waals surface area contributed by atoms with Gasteiger partial charge in [0.15, 0.2) is 0 Å². The quantitative estimate of drug-likeness (QED) is 0.754. The van der Waals surface area contributed by atoms with Gasteiger partial charge in [-0.2, -0.15) is 0 Å². The molecule has 0 bridgehead atoms. The third-order valence-electron chi connectivity index (χ3n) is 4.92. The maximum atomic E-state index is 3.63. The van der Waals surface area contributed by atoms with Crippen LogP contribution < -0.4 is 5.32 Å². The molecule has 100 valence electrons. The molecule has 0 aromatic rings. The van der Waals surface area contributed by atoms with Gasteiger partial charge in [0.2, 0.25) is 0 Å². The van der Waals surface area contributed by atoms with Crippen LogP contribution in [0.4, 0.5) is 0 Å². The predicted molar refractivity (Wildman–Crippen MR) is 75.1 cm³/mol. The Hall–Kier alpha value is -0.0400. The lowest BCUT2D eigenvalue weighted by Gasteiger charge is -2.31. The van der Waals surface area contributed by atoms with Crippen LogP contribution in [0.25, 0.3) is 0 Å². The molecule has 1 heteroatoms. The zero-order valence-electron chi connectivity index (χ0n) is 12.3. The topological polar surface area (TPSA) is 12.0 Å². The zero-order valence-corrected chi connectivity index (χ0v) is 12.3. The van der Waals surface area contributed by atoms with Crippen LogP contribution in [0.15, 0.2) is 0 Å². The summed E-state index contributed by atoms with van der Waals surface area (Å²) in [5.41, 5.74) is 0.777. The Balaban J connectivity index is 1.78. The first-order chi connectivity index (χ1) is 8.02. The minimum atomic E-state index is 0.655. The van der Waals surface area contributed by atoms with E-state index in [2.05, 4.69) is 33.0 Å². The van der Waals surface area contributed by atoms with E-state index in [1.807, 2.05) is 0 Å². The number of hydrogen-bond donors (Lipinski definition) is 1. The third-order valence-corrected chi connectivity index (χ3v) is 4.92. The molecule has 0 aromatic carbocycles. The second-order valence-electron chi connectivity index (χ2n) is 7.42. The van der Waals surface area contributed by atoms with Crippen LogP contribution in [0.5, 0.6) is 0 Å². The number of hydrogen-bond acceptors (Lipinski definition) is 1. The van der Waals surface area contributed by atoms with Crippen molar-refractivity contribution in [1.29, 1.82) is 0 Å². The summed E-state index contributed by atoms with van der Waals surface area (Å²) in [6, 6.07) is 0.655. The number of nitrogens with one attached hydrogen (secondary N) is 1. The summed E-state index contributed by atoms with van der Waals surface area (Å²) in [7, 11) is 0. The van der Waals surface area contributed by atoms with Crippen LogP contribution in [0, 0.1) is 23.2 Å². The van der Waals surface area contributed by atoms with E-state index >= 15 is 0 Å². The maximum absolute atomic E-state index is 3.63. The van der Waals surface area contributed by atoms with Gasteiger partial charge >= 0.3 is 0 Å². The Morgan fingerprint density at radius 1 is 1.18 bits per heavy atom. The van der Waals surface area contributed by atoms with Gasteiger partial charge in [-0.1, -0.05) is 40.5 Å². The Morgan fingerprint density at radius 3 is 2.59 bits per heavy atom. The molecule has 0 amide bonds. The molecule has 3 atom stereocenters. The molecule has 1 spiro atoms. The molecule has 2 fully saturated rings. The highest BCUT2D eigenvalue weighted by Crippen LogP contribution is 2.62. The molecular weight excluding hydrogens is 206 g/mol. The van der Waals surface area contributed by atoms with Crippen molar-refractivity contribution in [2.45, 2.75) is 72.3 Å². The Kier molecular flexibility index (Phi) is 4.18. The van der Waals surface area contributed by atoms with Crippen molar-refractivity contribution in [3.05, 3.63) is 0 Å². The Labute approximate surface area is 108 Å². The van der Waals surface area contributed by atoms with E-state index in [0.717, 1.165) is 23.2 Å². The van der Waals surface area contributed by atoms with Crippen LogP contribution >= 0.6 is 0 Å². The van der Waals surface area contributed by atoms with E-state index < -0.39 is 0 Å². The van der Waals surface area contributed by atoms with E-state index in [1.165, 1.54) is 45.1 Å². The van der Waals surface area contributed by atoms with E-state index in [0.29, 0.717) is 6.04 Å². The third kappa shape index (κ3) is 3.47. The molecule has 1 N–H and O–H groups in total. The average molecular weight is 237 g/mol. The fourth-order valence-electron chi connectivity index (χ4n) is 4.04. The fourth-order valence-corrected chi connectivity index (χ4v) is 4.04. The summed E-state index contributed by atoms with van der Waals surface area (Å²) >= 11 is 0. The van der Waals surface area contributed by atoms with E-state index in [9.17, 15) is 0 Å². The van der Waals surface area contributed by atoms with Gasteiger partial charge < -0.3 is 5.32 Å². The Bertz CT molecular complexity index is 246. The molecule has 17 heavy (non-hydrogen) atoms. The summed E-state index contributed by atoms with van der Waals surface area (Å²) in [6.45, 7) is 10.6. The van der Waals surface area contributed by atoms with Gasteiger partial charge in [0, 0.05) is 6.04 Å². The van der Waals surface area contributed by atoms with Gasteiger partial charge in [0.25, 0.3) is 0 Å². The molecule has 2 rings (SSSR count). The molecule has 0 saturated heterocycles. The summed E-state index contributed by atoms with van der Waals surface area (Å²) in [5.74, 6) is 2.92. The SMILES string of the molecule is CC(C)CC1CCCC2(C1)CC2CNC(C)C. The van der Waals surface area contributed by atoms with Crippen molar-refractivity contribution >= 4 is 0 Å². The Morgan fingerprint density at radius 2 is 1.94 bits per heavy atom. The van der Waals surface area contributed by atoms with Gasteiger partial charge in [-0.05, 0) is 55.4 Å². The lowest BCUT2D eigenvalue weighted by molar-refractivity contribution is 0.203. The minimum absolute atomic E-state index is 0.655. The first-order valence-corrected chi connectivity index (χ1v) is 7.75. The van der Waals surface area contributed by atoms with E-state index in [1.54, 1.807) is 0 Å². The zero-order chi connectivity index (χ0) is 12.5. The highest BCUT2D eigenvalue weighted by Gasteiger charge is 2.54. The molecule has 0 radical (unpaired) electrons. The largest absolute Gasteiger partial charge is 0.314 e. The van der Waals surface area contributed by atoms with Crippen molar-refractivity contribution < 1.29 is 0 Å². The van der Waals surface area contributed by atoms with Crippen molar-refractivity contribution in [2.24, 2.45) is 23.2 Å². The first-order valence-electron chi connectivity index (χ1n) is 7.75. The second-order valence-corrected chi connectivity index (χ2v) is 7.42. The molecule has 2 aliphatic carbocycles. The summed E-state index contributed by atoms with van der Waals surface area (Å²) in [6.07, 6.45) is 9.04. The van der Waals surface area contributed by atoms with Gasteiger partial charge in [-0.3, -0.25) is 0 Å².